The molecule has 4 nitrogen and oxygen atoms in total. The second-order valence-electron chi connectivity index (χ2n) is 6.93. The number of rotatable bonds is 5. The van der Waals surface area contributed by atoms with Crippen LogP contribution in [0.4, 0.5) is 5.69 Å². The second-order valence-corrected chi connectivity index (χ2v) is 6.93. The molecule has 0 radical (unpaired) electrons. The van der Waals surface area contributed by atoms with Crippen molar-refractivity contribution in [1.29, 1.82) is 0 Å². The third-order valence-corrected chi connectivity index (χ3v) is 5.16. The van der Waals surface area contributed by atoms with E-state index < -0.39 is 5.41 Å². The molecule has 124 valence electrons. The lowest BCUT2D eigenvalue weighted by Gasteiger charge is -2.27. The molecular weight excluding hydrogens is 288 g/mol. The number of hydrogen-bond donors (Lipinski definition) is 1. The number of nitrogens with zero attached hydrogens (tertiary/aromatic N) is 1. The van der Waals surface area contributed by atoms with E-state index in [0.29, 0.717) is 19.4 Å². The summed E-state index contributed by atoms with van der Waals surface area (Å²) >= 11 is 0. The fourth-order valence-electron chi connectivity index (χ4n) is 3.55. The second kappa shape index (κ2) is 6.34. The number of amides is 2. The van der Waals surface area contributed by atoms with Crippen molar-refractivity contribution >= 4 is 17.5 Å². The van der Waals surface area contributed by atoms with Gasteiger partial charge in [0.15, 0.2) is 0 Å². The summed E-state index contributed by atoms with van der Waals surface area (Å²) in [6, 6.07) is 8.19. The van der Waals surface area contributed by atoms with Crippen molar-refractivity contribution in [3.63, 3.8) is 0 Å². The molecule has 2 amide bonds. The molecule has 0 bridgehead atoms. The highest BCUT2D eigenvalue weighted by Gasteiger charge is 2.58. The summed E-state index contributed by atoms with van der Waals surface area (Å²) < 4.78 is 0. The van der Waals surface area contributed by atoms with Crippen LogP contribution in [0, 0.1) is 12.3 Å². The summed E-state index contributed by atoms with van der Waals surface area (Å²) in [5.74, 6) is -0.0957. The highest BCUT2D eigenvalue weighted by Crippen LogP contribution is 2.48. The molecule has 2 aliphatic rings. The molecule has 0 aliphatic heterocycles. The number of carbonyl (C=O) groups excluding carboxylic acids is 2. The Morgan fingerprint density at radius 2 is 1.96 bits per heavy atom. The first-order valence-corrected chi connectivity index (χ1v) is 8.76. The summed E-state index contributed by atoms with van der Waals surface area (Å²) in [6.07, 6.45) is 5.79. The van der Waals surface area contributed by atoms with Crippen LogP contribution in [0.3, 0.4) is 0 Å². The molecule has 23 heavy (non-hydrogen) atoms. The summed E-state index contributed by atoms with van der Waals surface area (Å²) in [6.45, 7) is 4.56. The van der Waals surface area contributed by atoms with Crippen molar-refractivity contribution < 1.29 is 9.59 Å². The summed E-state index contributed by atoms with van der Waals surface area (Å²) in [4.78, 5) is 27.5. The predicted octanol–water partition coefficient (Wildman–Crippen LogP) is 3.19. The van der Waals surface area contributed by atoms with Gasteiger partial charge < -0.3 is 10.2 Å². The number of aryl methyl sites for hydroxylation is 1. The van der Waals surface area contributed by atoms with E-state index in [9.17, 15) is 9.59 Å². The van der Waals surface area contributed by atoms with Crippen LogP contribution in [0.5, 0.6) is 0 Å². The Morgan fingerprint density at radius 3 is 2.52 bits per heavy atom. The first-order valence-electron chi connectivity index (χ1n) is 8.76. The third-order valence-electron chi connectivity index (χ3n) is 5.16. The fraction of sp³-hybridized carbons (Fsp3) is 0.579. The zero-order valence-electron chi connectivity index (χ0n) is 14.1. The molecule has 0 saturated heterocycles. The zero-order valence-corrected chi connectivity index (χ0v) is 14.1. The number of carbonyl (C=O) groups is 2. The lowest BCUT2D eigenvalue weighted by Crippen LogP contribution is -2.47. The minimum absolute atomic E-state index is 0.0407. The molecule has 0 atom stereocenters. The highest BCUT2D eigenvalue weighted by atomic mass is 16.2. The van der Waals surface area contributed by atoms with Gasteiger partial charge in [0.1, 0.15) is 5.41 Å². The van der Waals surface area contributed by atoms with E-state index in [2.05, 4.69) is 5.32 Å². The van der Waals surface area contributed by atoms with Gasteiger partial charge in [-0.2, -0.15) is 0 Å². The Hall–Kier alpha value is -1.84. The van der Waals surface area contributed by atoms with E-state index in [1.54, 1.807) is 4.90 Å². The molecule has 1 aromatic carbocycles. The van der Waals surface area contributed by atoms with Crippen molar-refractivity contribution in [2.45, 2.75) is 58.4 Å². The van der Waals surface area contributed by atoms with Crippen LogP contribution >= 0.6 is 0 Å². The van der Waals surface area contributed by atoms with Crippen LogP contribution in [0.15, 0.2) is 24.3 Å². The third kappa shape index (κ3) is 3.12. The molecule has 3 rings (SSSR count). The van der Waals surface area contributed by atoms with Gasteiger partial charge in [-0.3, -0.25) is 9.59 Å². The van der Waals surface area contributed by atoms with Crippen LogP contribution in [0.1, 0.15) is 51.0 Å². The molecule has 1 aromatic rings. The van der Waals surface area contributed by atoms with Gasteiger partial charge in [-0.05, 0) is 57.2 Å². The maximum absolute atomic E-state index is 13.1. The molecule has 0 aromatic heterocycles. The van der Waals surface area contributed by atoms with E-state index in [-0.39, 0.29) is 17.9 Å². The van der Waals surface area contributed by atoms with Crippen molar-refractivity contribution in [3.8, 4) is 0 Å². The number of hydrogen-bond acceptors (Lipinski definition) is 2. The van der Waals surface area contributed by atoms with Crippen LogP contribution in [0.2, 0.25) is 0 Å². The lowest BCUT2D eigenvalue weighted by atomic mass is 10.0. The standard InChI is InChI=1S/C19H26N2O2/c1-3-21(16-10-6-7-14(2)13-16)18(23)19(11-12-19)17(22)20-15-8-4-5-9-15/h6-7,10,13,15H,3-5,8-9,11-12H2,1-2H3,(H,20,22). The monoisotopic (exact) mass is 314 g/mol. The van der Waals surface area contributed by atoms with Crippen LogP contribution < -0.4 is 10.2 Å². The molecule has 0 spiro atoms. The first-order chi connectivity index (χ1) is 11.1. The molecule has 4 heteroatoms. The normalized spacial score (nSPS) is 19.4. The van der Waals surface area contributed by atoms with Gasteiger partial charge >= 0.3 is 0 Å². The first kappa shape index (κ1) is 16.0. The van der Waals surface area contributed by atoms with E-state index in [0.717, 1.165) is 24.1 Å². The Bertz CT molecular complexity index is 601. The fourth-order valence-corrected chi connectivity index (χ4v) is 3.55. The minimum Gasteiger partial charge on any atom is -0.352 e. The highest BCUT2D eigenvalue weighted by molar-refractivity contribution is 6.14. The van der Waals surface area contributed by atoms with Gasteiger partial charge in [0, 0.05) is 18.3 Å². The maximum atomic E-state index is 13.1. The summed E-state index contributed by atoms with van der Waals surface area (Å²) in [7, 11) is 0. The molecule has 2 aliphatic carbocycles. The number of nitrogens with one attached hydrogen (secondary N) is 1. The topological polar surface area (TPSA) is 49.4 Å². The lowest BCUT2D eigenvalue weighted by molar-refractivity contribution is -0.136. The summed E-state index contributed by atoms with van der Waals surface area (Å²) in [5.41, 5.74) is 1.19. The predicted molar refractivity (Wildman–Crippen MR) is 91.3 cm³/mol. The average Bonchev–Trinajstić information content (AvgIpc) is 3.20. The molecule has 1 N–H and O–H groups in total. The molecule has 2 fully saturated rings. The quantitative estimate of drug-likeness (QED) is 0.849. The molecule has 0 unspecified atom stereocenters. The van der Waals surface area contributed by atoms with Gasteiger partial charge in [-0.1, -0.05) is 25.0 Å². The molecular formula is C19H26N2O2. The van der Waals surface area contributed by atoms with E-state index >= 15 is 0 Å². The maximum Gasteiger partial charge on any atom is 0.242 e. The van der Waals surface area contributed by atoms with E-state index in [1.807, 2.05) is 38.1 Å². The van der Waals surface area contributed by atoms with Crippen LogP contribution in [0.25, 0.3) is 0 Å². The van der Waals surface area contributed by atoms with Gasteiger partial charge in [0.05, 0.1) is 0 Å². The van der Waals surface area contributed by atoms with Crippen LogP contribution in [-0.2, 0) is 9.59 Å². The van der Waals surface area contributed by atoms with Gasteiger partial charge in [0.25, 0.3) is 0 Å². The average molecular weight is 314 g/mol. The van der Waals surface area contributed by atoms with Crippen molar-refractivity contribution in [2.75, 3.05) is 11.4 Å². The van der Waals surface area contributed by atoms with E-state index in [1.165, 1.54) is 12.8 Å². The van der Waals surface area contributed by atoms with Crippen molar-refractivity contribution in [2.24, 2.45) is 5.41 Å². The van der Waals surface area contributed by atoms with Crippen molar-refractivity contribution in [1.82, 2.24) is 5.32 Å². The van der Waals surface area contributed by atoms with Gasteiger partial charge in [0.2, 0.25) is 11.8 Å². The Kier molecular flexibility index (Phi) is 4.42. The Morgan fingerprint density at radius 1 is 1.26 bits per heavy atom. The van der Waals surface area contributed by atoms with E-state index in [4.69, 9.17) is 0 Å². The van der Waals surface area contributed by atoms with Crippen molar-refractivity contribution in [3.05, 3.63) is 29.8 Å². The number of anilines is 1. The Balaban J connectivity index is 1.75. The zero-order chi connectivity index (χ0) is 16.4. The number of benzene rings is 1. The smallest absolute Gasteiger partial charge is 0.242 e. The summed E-state index contributed by atoms with van der Waals surface area (Å²) in [5, 5.41) is 3.12. The molecule has 2 saturated carbocycles. The largest absolute Gasteiger partial charge is 0.352 e. The van der Waals surface area contributed by atoms with Gasteiger partial charge in [-0.25, -0.2) is 0 Å². The molecule has 0 heterocycles. The minimum atomic E-state index is -0.817. The SMILES string of the molecule is CCN(C(=O)C1(C(=O)NC2CCCC2)CC1)c1cccc(C)c1. The van der Waals surface area contributed by atoms with Gasteiger partial charge in [-0.15, -0.1) is 0 Å². The van der Waals surface area contributed by atoms with Crippen LogP contribution in [-0.4, -0.2) is 24.4 Å². The Labute approximate surface area is 138 Å².